The Kier molecular flexibility index (Phi) is 3.35. The van der Waals surface area contributed by atoms with Crippen LogP contribution in [0.5, 0.6) is 0 Å². The second-order valence-electron chi connectivity index (χ2n) is 4.33. The van der Waals surface area contributed by atoms with Gasteiger partial charge in [-0.05, 0) is 52.4 Å². The average Bonchev–Trinajstić information content (AvgIpc) is 2.75. The molecule has 3 nitrogen and oxygen atoms in total. The van der Waals surface area contributed by atoms with Gasteiger partial charge in [0.05, 0.1) is 32.8 Å². The number of aromatic nitrogens is 2. The van der Waals surface area contributed by atoms with Crippen molar-refractivity contribution in [2.45, 2.75) is 0 Å². The number of nitrogens with zero attached hydrogens (tertiary/aromatic N) is 2. The number of halogens is 3. The first-order valence-corrected chi connectivity index (χ1v) is 7.01. The Morgan fingerprint density at radius 2 is 1.95 bits per heavy atom. The number of rotatable bonds is 1. The SMILES string of the molecule is N#Cc1ccc(-n2c(=S)[nH]c3cc(F)c(Br)cc32)c(F)c1. The van der Waals surface area contributed by atoms with E-state index in [4.69, 9.17) is 17.5 Å². The minimum absolute atomic E-state index is 0.198. The van der Waals surface area contributed by atoms with Gasteiger partial charge in [-0.15, -0.1) is 0 Å². The Hall–Kier alpha value is -2.04. The van der Waals surface area contributed by atoms with E-state index < -0.39 is 11.6 Å². The average molecular weight is 366 g/mol. The molecular weight excluding hydrogens is 360 g/mol. The zero-order chi connectivity index (χ0) is 15.1. The van der Waals surface area contributed by atoms with Crippen molar-refractivity contribution in [2.24, 2.45) is 0 Å². The fraction of sp³-hybridized carbons (Fsp3) is 0. The van der Waals surface area contributed by atoms with Crippen LogP contribution < -0.4 is 0 Å². The number of nitrogens with one attached hydrogen (secondary N) is 1. The molecule has 0 bridgehead atoms. The van der Waals surface area contributed by atoms with Crippen LogP contribution in [0.2, 0.25) is 0 Å². The third kappa shape index (κ3) is 2.26. The van der Waals surface area contributed by atoms with E-state index in [1.54, 1.807) is 0 Å². The van der Waals surface area contributed by atoms with Crippen molar-refractivity contribution in [3.8, 4) is 11.8 Å². The summed E-state index contributed by atoms with van der Waals surface area (Å²) in [5, 5.41) is 8.78. The fourth-order valence-electron chi connectivity index (χ4n) is 2.10. The van der Waals surface area contributed by atoms with E-state index in [2.05, 4.69) is 20.9 Å². The molecule has 0 radical (unpaired) electrons. The van der Waals surface area contributed by atoms with Crippen molar-refractivity contribution in [2.75, 3.05) is 0 Å². The Balaban J connectivity index is 2.35. The third-order valence-electron chi connectivity index (χ3n) is 3.04. The summed E-state index contributed by atoms with van der Waals surface area (Å²) in [4.78, 5) is 2.83. The van der Waals surface area contributed by atoms with Crippen molar-refractivity contribution in [1.29, 1.82) is 5.26 Å². The van der Waals surface area contributed by atoms with E-state index in [0.29, 0.717) is 11.0 Å². The molecule has 0 fully saturated rings. The number of hydrogen-bond acceptors (Lipinski definition) is 2. The summed E-state index contributed by atoms with van der Waals surface area (Å²) in [5.74, 6) is -1.02. The maximum Gasteiger partial charge on any atom is 0.182 e. The van der Waals surface area contributed by atoms with E-state index in [1.807, 2.05) is 6.07 Å². The normalized spacial score (nSPS) is 10.8. The van der Waals surface area contributed by atoms with Gasteiger partial charge in [0.1, 0.15) is 11.6 Å². The molecule has 1 aromatic heterocycles. The highest BCUT2D eigenvalue weighted by molar-refractivity contribution is 9.10. The van der Waals surface area contributed by atoms with Crippen molar-refractivity contribution in [1.82, 2.24) is 9.55 Å². The lowest BCUT2D eigenvalue weighted by Gasteiger charge is -2.06. The van der Waals surface area contributed by atoms with Gasteiger partial charge in [0, 0.05) is 6.07 Å². The molecule has 3 rings (SSSR count). The van der Waals surface area contributed by atoms with Crippen LogP contribution in [0.1, 0.15) is 5.56 Å². The molecule has 7 heteroatoms. The molecule has 0 spiro atoms. The molecule has 1 N–H and O–H groups in total. The summed E-state index contributed by atoms with van der Waals surface area (Å²) in [5.41, 5.74) is 1.42. The molecule has 0 aliphatic carbocycles. The van der Waals surface area contributed by atoms with Crippen LogP contribution in [-0.2, 0) is 0 Å². The Morgan fingerprint density at radius 1 is 1.19 bits per heavy atom. The van der Waals surface area contributed by atoms with Crippen molar-refractivity contribution < 1.29 is 8.78 Å². The first-order valence-electron chi connectivity index (χ1n) is 5.81. The van der Waals surface area contributed by atoms with Crippen LogP contribution in [0.25, 0.3) is 16.7 Å². The predicted octanol–water partition coefficient (Wildman–Crippen LogP) is 4.60. The summed E-state index contributed by atoms with van der Waals surface area (Å²) in [6.07, 6.45) is 0. The van der Waals surface area contributed by atoms with Gasteiger partial charge in [-0.3, -0.25) is 4.57 Å². The van der Waals surface area contributed by atoms with Crippen LogP contribution in [-0.4, -0.2) is 9.55 Å². The summed E-state index contributed by atoms with van der Waals surface area (Å²) in [6, 6.07) is 8.77. The summed E-state index contributed by atoms with van der Waals surface area (Å²) >= 11 is 8.28. The van der Waals surface area contributed by atoms with E-state index in [1.165, 1.54) is 28.8 Å². The first kappa shape index (κ1) is 13.9. The summed E-state index contributed by atoms with van der Waals surface area (Å²) in [6.45, 7) is 0. The lowest BCUT2D eigenvalue weighted by Crippen LogP contribution is -1.98. The van der Waals surface area contributed by atoms with E-state index in [9.17, 15) is 8.78 Å². The van der Waals surface area contributed by atoms with E-state index in [-0.39, 0.29) is 20.5 Å². The number of hydrogen-bond donors (Lipinski definition) is 1. The number of H-pyrrole nitrogens is 1. The lowest BCUT2D eigenvalue weighted by atomic mass is 10.2. The van der Waals surface area contributed by atoms with Gasteiger partial charge in [0.15, 0.2) is 4.77 Å². The van der Waals surface area contributed by atoms with Crippen LogP contribution in [0, 0.1) is 27.7 Å². The van der Waals surface area contributed by atoms with Gasteiger partial charge >= 0.3 is 0 Å². The van der Waals surface area contributed by atoms with Crippen molar-refractivity contribution in [3.05, 3.63) is 56.8 Å². The standard InChI is InChI=1S/C14H6BrF2N3S/c15-8-4-13-11(5-9(8)16)19-14(21)20(13)12-2-1-7(6-18)3-10(12)17/h1-5H,(H,19,21). The minimum Gasteiger partial charge on any atom is -0.330 e. The smallest absolute Gasteiger partial charge is 0.182 e. The largest absolute Gasteiger partial charge is 0.330 e. The molecule has 0 unspecified atom stereocenters. The molecule has 0 amide bonds. The Morgan fingerprint density at radius 3 is 2.62 bits per heavy atom. The number of aromatic amines is 1. The highest BCUT2D eigenvalue weighted by Gasteiger charge is 2.13. The number of benzene rings is 2. The van der Waals surface area contributed by atoms with Gasteiger partial charge in [0.25, 0.3) is 0 Å². The van der Waals surface area contributed by atoms with Crippen LogP contribution >= 0.6 is 28.1 Å². The summed E-state index contributed by atoms with van der Waals surface area (Å²) < 4.78 is 29.7. The second kappa shape index (κ2) is 5.06. The van der Waals surface area contributed by atoms with Gasteiger partial charge in [-0.25, -0.2) is 8.78 Å². The molecule has 0 atom stereocenters. The van der Waals surface area contributed by atoms with E-state index in [0.717, 1.165) is 6.07 Å². The Labute approximate surface area is 131 Å². The highest BCUT2D eigenvalue weighted by Crippen LogP contribution is 2.27. The highest BCUT2D eigenvalue weighted by atomic mass is 79.9. The molecule has 1 heterocycles. The van der Waals surface area contributed by atoms with Crippen LogP contribution in [0.4, 0.5) is 8.78 Å². The predicted molar refractivity (Wildman–Crippen MR) is 80.8 cm³/mol. The molecule has 0 aliphatic heterocycles. The molecule has 0 saturated carbocycles. The molecule has 0 aliphatic rings. The third-order valence-corrected chi connectivity index (χ3v) is 3.93. The first-order chi connectivity index (χ1) is 10.0. The molecule has 2 aromatic carbocycles. The number of imidazole rings is 1. The lowest BCUT2D eigenvalue weighted by molar-refractivity contribution is 0.618. The molecule has 0 saturated heterocycles. The van der Waals surface area contributed by atoms with Crippen molar-refractivity contribution in [3.63, 3.8) is 0 Å². The maximum atomic E-state index is 14.2. The molecule has 104 valence electrons. The topological polar surface area (TPSA) is 44.5 Å². The molecular formula is C14H6BrF2N3S. The molecule has 21 heavy (non-hydrogen) atoms. The van der Waals surface area contributed by atoms with Crippen molar-refractivity contribution >= 4 is 39.2 Å². The van der Waals surface area contributed by atoms with Gasteiger partial charge in [0.2, 0.25) is 0 Å². The molecule has 3 aromatic rings. The zero-order valence-corrected chi connectivity index (χ0v) is 12.7. The van der Waals surface area contributed by atoms with E-state index >= 15 is 0 Å². The fourth-order valence-corrected chi connectivity index (χ4v) is 2.74. The number of fused-ring (bicyclic) bond motifs is 1. The Bertz CT molecular complexity index is 969. The zero-order valence-electron chi connectivity index (χ0n) is 10.3. The quantitative estimate of drug-likeness (QED) is 0.640. The maximum absolute atomic E-state index is 14.2. The second-order valence-corrected chi connectivity index (χ2v) is 5.57. The van der Waals surface area contributed by atoms with Gasteiger partial charge in [-0.2, -0.15) is 5.26 Å². The summed E-state index contributed by atoms with van der Waals surface area (Å²) in [7, 11) is 0. The van der Waals surface area contributed by atoms with Crippen LogP contribution in [0.3, 0.4) is 0 Å². The minimum atomic E-state index is -0.577. The van der Waals surface area contributed by atoms with Crippen LogP contribution in [0.15, 0.2) is 34.8 Å². The number of nitriles is 1. The van der Waals surface area contributed by atoms with Gasteiger partial charge in [-0.1, -0.05) is 0 Å². The van der Waals surface area contributed by atoms with Gasteiger partial charge < -0.3 is 4.98 Å². The monoisotopic (exact) mass is 365 g/mol.